The summed E-state index contributed by atoms with van der Waals surface area (Å²) >= 11 is 0. The quantitative estimate of drug-likeness (QED) is 0.805. The molecule has 0 atom stereocenters. The Morgan fingerprint density at radius 1 is 1.50 bits per heavy atom. The number of hydrogen-bond acceptors (Lipinski definition) is 3. The SMILES string of the molecule is Cn1ccnc1-c1ncc(CNC2CC2)[nH]1. The van der Waals surface area contributed by atoms with Crippen LogP contribution >= 0.6 is 0 Å². The van der Waals surface area contributed by atoms with Crippen LogP contribution in [0.4, 0.5) is 0 Å². The van der Waals surface area contributed by atoms with Crippen molar-refractivity contribution in [2.75, 3.05) is 0 Å². The van der Waals surface area contributed by atoms with Crippen molar-refractivity contribution < 1.29 is 0 Å². The van der Waals surface area contributed by atoms with E-state index in [-0.39, 0.29) is 0 Å². The summed E-state index contributed by atoms with van der Waals surface area (Å²) in [6.07, 6.45) is 8.18. The van der Waals surface area contributed by atoms with E-state index in [1.165, 1.54) is 12.8 Å². The summed E-state index contributed by atoms with van der Waals surface area (Å²) in [6.45, 7) is 0.863. The number of aromatic nitrogens is 4. The molecule has 0 unspecified atom stereocenters. The maximum absolute atomic E-state index is 4.34. The van der Waals surface area contributed by atoms with Crippen molar-refractivity contribution in [1.29, 1.82) is 0 Å². The molecule has 0 bridgehead atoms. The molecule has 16 heavy (non-hydrogen) atoms. The van der Waals surface area contributed by atoms with E-state index in [0.29, 0.717) is 0 Å². The number of imidazole rings is 2. The number of nitrogens with zero attached hydrogens (tertiary/aromatic N) is 3. The van der Waals surface area contributed by atoms with E-state index in [4.69, 9.17) is 0 Å². The third kappa shape index (κ3) is 1.86. The summed E-state index contributed by atoms with van der Waals surface area (Å²) in [5.74, 6) is 1.71. The lowest BCUT2D eigenvalue weighted by atomic mass is 10.4. The number of aryl methyl sites for hydroxylation is 1. The first-order chi connectivity index (χ1) is 7.83. The fourth-order valence-corrected chi connectivity index (χ4v) is 1.70. The van der Waals surface area contributed by atoms with Crippen molar-refractivity contribution in [2.45, 2.75) is 25.4 Å². The summed E-state index contributed by atoms with van der Waals surface area (Å²) in [6, 6.07) is 0.722. The molecule has 5 nitrogen and oxygen atoms in total. The number of aromatic amines is 1. The predicted octanol–water partition coefficient (Wildman–Crippen LogP) is 1.06. The third-order valence-corrected chi connectivity index (χ3v) is 2.82. The van der Waals surface area contributed by atoms with Crippen LogP contribution in [0.2, 0.25) is 0 Å². The van der Waals surface area contributed by atoms with Crippen molar-refractivity contribution in [1.82, 2.24) is 24.8 Å². The standard InChI is InChI=1S/C11H15N5/c1-16-5-4-12-11(16)10-14-7-9(15-10)6-13-8-2-3-8/h4-5,7-8,13H,2-3,6H2,1H3,(H,14,15). The molecule has 84 valence electrons. The highest BCUT2D eigenvalue weighted by Crippen LogP contribution is 2.19. The van der Waals surface area contributed by atoms with Crippen molar-refractivity contribution in [3.63, 3.8) is 0 Å². The maximum atomic E-state index is 4.34. The lowest BCUT2D eigenvalue weighted by Gasteiger charge is -1.99. The minimum absolute atomic E-state index is 0.722. The topological polar surface area (TPSA) is 58.5 Å². The molecule has 1 saturated carbocycles. The molecule has 1 fully saturated rings. The lowest BCUT2D eigenvalue weighted by molar-refractivity contribution is 0.677. The van der Waals surface area contributed by atoms with E-state index in [9.17, 15) is 0 Å². The first-order valence-electron chi connectivity index (χ1n) is 5.58. The van der Waals surface area contributed by atoms with Crippen LogP contribution in [0.1, 0.15) is 18.5 Å². The predicted molar refractivity (Wildman–Crippen MR) is 60.7 cm³/mol. The average molecular weight is 217 g/mol. The summed E-state index contributed by atoms with van der Waals surface area (Å²) in [7, 11) is 1.97. The Morgan fingerprint density at radius 2 is 2.38 bits per heavy atom. The van der Waals surface area contributed by atoms with Crippen LogP contribution in [0.5, 0.6) is 0 Å². The summed E-state index contributed by atoms with van der Waals surface area (Å²) < 4.78 is 1.96. The molecule has 2 N–H and O–H groups in total. The van der Waals surface area contributed by atoms with Crippen molar-refractivity contribution in [3.8, 4) is 11.6 Å². The minimum atomic E-state index is 0.722. The summed E-state index contributed by atoms with van der Waals surface area (Å²) in [5, 5.41) is 3.45. The average Bonchev–Trinajstić information content (AvgIpc) is 2.82. The molecule has 0 spiro atoms. The first kappa shape index (κ1) is 9.59. The zero-order chi connectivity index (χ0) is 11.0. The zero-order valence-corrected chi connectivity index (χ0v) is 9.27. The van der Waals surface area contributed by atoms with Crippen molar-refractivity contribution in [3.05, 3.63) is 24.3 Å². The molecule has 0 amide bonds. The molecule has 2 aromatic heterocycles. The van der Waals surface area contributed by atoms with Gasteiger partial charge in [-0.25, -0.2) is 9.97 Å². The van der Waals surface area contributed by atoms with Gasteiger partial charge in [0.25, 0.3) is 0 Å². The molecule has 3 rings (SSSR count). The number of H-pyrrole nitrogens is 1. The number of nitrogens with one attached hydrogen (secondary N) is 2. The van der Waals surface area contributed by atoms with Gasteiger partial charge >= 0.3 is 0 Å². The summed E-state index contributed by atoms with van der Waals surface area (Å²) in [4.78, 5) is 11.9. The molecular weight excluding hydrogens is 202 g/mol. The van der Waals surface area contributed by atoms with Gasteiger partial charge in [0.1, 0.15) is 0 Å². The second-order valence-corrected chi connectivity index (χ2v) is 4.27. The lowest BCUT2D eigenvalue weighted by Crippen LogP contribution is -2.15. The normalized spacial score (nSPS) is 15.6. The third-order valence-electron chi connectivity index (χ3n) is 2.82. The van der Waals surface area contributed by atoms with Gasteiger partial charge in [0.15, 0.2) is 11.6 Å². The van der Waals surface area contributed by atoms with Gasteiger partial charge in [0.05, 0.1) is 6.20 Å². The van der Waals surface area contributed by atoms with Crippen LogP contribution in [0.15, 0.2) is 18.6 Å². The summed E-state index contributed by atoms with van der Waals surface area (Å²) in [5.41, 5.74) is 1.12. The van der Waals surface area contributed by atoms with Crippen LogP contribution < -0.4 is 5.32 Å². The molecule has 5 heteroatoms. The van der Waals surface area contributed by atoms with Crippen LogP contribution in [0.3, 0.4) is 0 Å². The van der Waals surface area contributed by atoms with Gasteiger partial charge in [-0.1, -0.05) is 0 Å². The molecule has 1 aliphatic rings. The van der Waals surface area contributed by atoms with E-state index in [2.05, 4.69) is 20.3 Å². The Bertz CT molecular complexity index is 480. The monoisotopic (exact) mass is 217 g/mol. The second kappa shape index (κ2) is 3.75. The minimum Gasteiger partial charge on any atom is -0.338 e. The van der Waals surface area contributed by atoms with Gasteiger partial charge in [0, 0.05) is 37.7 Å². The molecule has 2 aromatic rings. The van der Waals surface area contributed by atoms with Gasteiger partial charge in [-0.2, -0.15) is 0 Å². The molecule has 0 aliphatic heterocycles. The van der Waals surface area contributed by atoms with E-state index in [0.717, 1.165) is 29.9 Å². The Labute approximate surface area is 93.9 Å². The van der Waals surface area contributed by atoms with Crippen LogP contribution in [0, 0.1) is 0 Å². The fraction of sp³-hybridized carbons (Fsp3) is 0.455. The van der Waals surface area contributed by atoms with Gasteiger partial charge in [-0.15, -0.1) is 0 Å². The van der Waals surface area contributed by atoms with Crippen LogP contribution in [-0.4, -0.2) is 25.6 Å². The second-order valence-electron chi connectivity index (χ2n) is 4.27. The highest BCUT2D eigenvalue weighted by atomic mass is 15.1. The van der Waals surface area contributed by atoms with E-state index < -0.39 is 0 Å². The van der Waals surface area contributed by atoms with Gasteiger partial charge < -0.3 is 14.9 Å². The number of rotatable bonds is 4. The Balaban J connectivity index is 1.74. The van der Waals surface area contributed by atoms with Crippen LogP contribution in [-0.2, 0) is 13.6 Å². The van der Waals surface area contributed by atoms with E-state index >= 15 is 0 Å². The molecule has 1 aliphatic carbocycles. The van der Waals surface area contributed by atoms with Crippen LogP contribution in [0.25, 0.3) is 11.6 Å². The van der Waals surface area contributed by atoms with Gasteiger partial charge in [0.2, 0.25) is 0 Å². The first-order valence-corrected chi connectivity index (χ1v) is 5.58. The Hall–Kier alpha value is -1.62. The molecule has 0 aromatic carbocycles. The highest BCUT2D eigenvalue weighted by molar-refractivity contribution is 5.44. The van der Waals surface area contributed by atoms with Crippen molar-refractivity contribution in [2.24, 2.45) is 7.05 Å². The smallest absolute Gasteiger partial charge is 0.175 e. The van der Waals surface area contributed by atoms with Gasteiger partial charge in [-0.3, -0.25) is 0 Å². The Morgan fingerprint density at radius 3 is 3.06 bits per heavy atom. The molecular formula is C11H15N5. The number of hydrogen-bond donors (Lipinski definition) is 2. The maximum Gasteiger partial charge on any atom is 0.175 e. The molecule has 2 heterocycles. The largest absolute Gasteiger partial charge is 0.338 e. The zero-order valence-electron chi connectivity index (χ0n) is 9.27. The van der Waals surface area contributed by atoms with Gasteiger partial charge in [-0.05, 0) is 12.8 Å². The van der Waals surface area contributed by atoms with E-state index in [1.54, 1.807) is 6.20 Å². The molecule has 0 saturated heterocycles. The highest BCUT2D eigenvalue weighted by Gasteiger charge is 2.20. The fourth-order valence-electron chi connectivity index (χ4n) is 1.70. The van der Waals surface area contributed by atoms with Crippen molar-refractivity contribution >= 4 is 0 Å². The Kier molecular flexibility index (Phi) is 2.25. The van der Waals surface area contributed by atoms with E-state index in [1.807, 2.05) is 24.0 Å². The molecule has 0 radical (unpaired) electrons.